The van der Waals surface area contributed by atoms with Crippen LogP contribution < -0.4 is 0 Å². The average molecular weight is 268 g/mol. The van der Waals surface area contributed by atoms with Crippen molar-refractivity contribution in [2.24, 2.45) is 0 Å². The molecule has 0 aliphatic heterocycles. The zero-order valence-electron chi connectivity index (χ0n) is 9.66. The molecule has 0 aromatic heterocycles. The molecule has 2 aromatic carbocycles. The molecule has 2 aromatic rings. The van der Waals surface area contributed by atoms with Gasteiger partial charge in [0.1, 0.15) is 17.7 Å². The highest BCUT2D eigenvalue weighted by atomic mass is 32.2. The largest absolute Gasteiger partial charge is 0.504 e. The lowest BCUT2D eigenvalue weighted by Gasteiger charge is -2.09. The van der Waals surface area contributed by atoms with Crippen molar-refractivity contribution in [1.29, 1.82) is 10.5 Å². The monoisotopic (exact) mass is 268 g/mol. The standard InChI is InChI=1S/C14H8N2O2S/c15-7-9-6-12(17)13(18)11(8-16)14(9)19-10-4-2-1-3-5-10/h1-6,17-18H. The van der Waals surface area contributed by atoms with Crippen LogP contribution >= 0.6 is 11.8 Å². The molecule has 0 spiro atoms. The number of hydrogen-bond acceptors (Lipinski definition) is 5. The Bertz CT molecular complexity index is 700. The Balaban J connectivity index is 2.60. The first-order valence-electron chi connectivity index (χ1n) is 5.29. The molecule has 2 rings (SSSR count). The first-order chi connectivity index (χ1) is 9.17. The summed E-state index contributed by atoms with van der Waals surface area (Å²) < 4.78 is 0. The Morgan fingerprint density at radius 2 is 1.68 bits per heavy atom. The number of nitrogens with zero attached hydrogens (tertiary/aromatic N) is 2. The Morgan fingerprint density at radius 3 is 2.26 bits per heavy atom. The Morgan fingerprint density at radius 1 is 1.00 bits per heavy atom. The molecular formula is C14H8N2O2S. The fraction of sp³-hybridized carbons (Fsp3) is 0. The van der Waals surface area contributed by atoms with Crippen molar-refractivity contribution in [2.45, 2.75) is 9.79 Å². The number of rotatable bonds is 2. The molecular weight excluding hydrogens is 260 g/mol. The summed E-state index contributed by atoms with van der Waals surface area (Å²) >= 11 is 1.20. The number of phenolic OH excluding ortho intramolecular Hbond substituents is 2. The van der Waals surface area contributed by atoms with Gasteiger partial charge in [-0.25, -0.2) is 0 Å². The quantitative estimate of drug-likeness (QED) is 0.817. The number of aromatic hydroxyl groups is 2. The predicted octanol–water partition coefficient (Wildman–Crippen LogP) is 2.99. The number of hydrogen-bond donors (Lipinski definition) is 2. The molecule has 0 amide bonds. The van der Waals surface area contributed by atoms with E-state index in [0.29, 0.717) is 4.90 Å². The fourth-order valence-corrected chi connectivity index (χ4v) is 2.53. The van der Waals surface area contributed by atoms with Crippen LogP contribution in [0.2, 0.25) is 0 Å². The molecule has 4 nitrogen and oxygen atoms in total. The maximum Gasteiger partial charge on any atom is 0.176 e. The summed E-state index contributed by atoms with van der Waals surface area (Å²) in [4.78, 5) is 1.17. The second-order valence-corrected chi connectivity index (χ2v) is 4.72. The number of benzene rings is 2. The van der Waals surface area contributed by atoms with Crippen LogP contribution in [0.15, 0.2) is 46.2 Å². The van der Waals surface area contributed by atoms with Crippen LogP contribution in [0.4, 0.5) is 0 Å². The van der Waals surface area contributed by atoms with Crippen molar-refractivity contribution in [1.82, 2.24) is 0 Å². The van der Waals surface area contributed by atoms with Gasteiger partial charge in [0, 0.05) is 11.0 Å². The average Bonchev–Trinajstić information content (AvgIpc) is 2.44. The fourth-order valence-electron chi connectivity index (χ4n) is 1.54. The molecule has 19 heavy (non-hydrogen) atoms. The third-order valence-corrected chi connectivity index (χ3v) is 3.56. The van der Waals surface area contributed by atoms with Gasteiger partial charge in [-0.2, -0.15) is 10.5 Å². The van der Waals surface area contributed by atoms with Crippen molar-refractivity contribution >= 4 is 11.8 Å². The van der Waals surface area contributed by atoms with Crippen molar-refractivity contribution in [3.8, 4) is 23.6 Å². The van der Waals surface area contributed by atoms with E-state index in [4.69, 9.17) is 10.5 Å². The second-order valence-electron chi connectivity index (χ2n) is 3.63. The molecule has 0 heterocycles. The zero-order valence-corrected chi connectivity index (χ0v) is 10.5. The van der Waals surface area contributed by atoms with Crippen LogP contribution in [0.5, 0.6) is 11.5 Å². The first kappa shape index (κ1) is 12.8. The zero-order chi connectivity index (χ0) is 13.8. The normalized spacial score (nSPS) is 9.58. The van der Waals surface area contributed by atoms with E-state index < -0.39 is 11.5 Å². The minimum absolute atomic E-state index is 0.0922. The van der Waals surface area contributed by atoms with Crippen molar-refractivity contribution < 1.29 is 10.2 Å². The van der Waals surface area contributed by atoms with E-state index in [1.165, 1.54) is 11.8 Å². The topological polar surface area (TPSA) is 88.0 Å². The van der Waals surface area contributed by atoms with Crippen molar-refractivity contribution in [3.05, 3.63) is 47.5 Å². The summed E-state index contributed by atoms with van der Waals surface area (Å²) in [7, 11) is 0. The summed E-state index contributed by atoms with van der Waals surface area (Å²) in [5.74, 6) is -0.967. The molecule has 0 aliphatic carbocycles. The molecule has 0 unspecified atom stereocenters. The molecule has 0 atom stereocenters. The summed E-state index contributed by atoms with van der Waals surface area (Å²) in [6.45, 7) is 0. The van der Waals surface area contributed by atoms with E-state index in [-0.39, 0.29) is 11.1 Å². The smallest absolute Gasteiger partial charge is 0.176 e. The van der Waals surface area contributed by atoms with E-state index >= 15 is 0 Å². The molecule has 0 radical (unpaired) electrons. The summed E-state index contributed by atoms with van der Waals surface area (Å²) in [6, 6.07) is 14.1. The van der Waals surface area contributed by atoms with Gasteiger partial charge in [0.05, 0.1) is 10.5 Å². The van der Waals surface area contributed by atoms with Crippen LogP contribution in [0.1, 0.15) is 11.1 Å². The van der Waals surface area contributed by atoms with Gasteiger partial charge >= 0.3 is 0 Å². The molecule has 0 fully saturated rings. The van der Waals surface area contributed by atoms with Crippen LogP contribution in [0.25, 0.3) is 0 Å². The van der Waals surface area contributed by atoms with Crippen LogP contribution in [0, 0.1) is 22.7 Å². The van der Waals surface area contributed by atoms with E-state index in [2.05, 4.69) is 0 Å². The number of nitriles is 2. The van der Waals surface area contributed by atoms with Crippen LogP contribution in [-0.2, 0) is 0 Å². The molecule has 0 aliphatic rings. The lowest BCUT2D eigenvalue weighted by atomic mass is 10.1. The SMILES string of the molecule is N#Cc1cc(O)c(O)c(C#N)c1Sc1ccccc1. The third kappa shape index (κ3) is 2.47. The van der Waals surface area contributed by atoms with Gasteiger partial charge in [-0.3, -0.25) is 0 Å². The van der Waals surface area contributed by atoms with E-state index in [0.717, 1.165) is 11.0 Å². The van der Waals surface area contributed by atoms with Crippen LogP contribution in [0.3, 0.4) is 0 Å². The maximum absolute atomic E-state index is 9.68. The molecule has 2 N–H and O–H groups in total. The van der Waals surface area contributed by atoms with E-state index in [1.807, 2.05) is 42.5 Å². The Hall–Kier alpha value is -2.63. The minimum Gasteiger partial charge on any atom is -0.504 e. The van der Waals surface area contributed by atoms with Gasteiger partial charge in [0.25, 0.3) is 0 Å². The highest BCUT2D eigenvalue weighted by Gasteiger charge is 2.18. The molecule has 0 saturated heterocycles. The summed E-state index contributed by atoms with van der Waals surface area (Å²) in [6.07, 6.45) is 0. The first-order valence-corrected chi connectivity index (χ1v) is 6.11. The Labute approximate surface area is 114 Å². The molecule has 0 bridgehead atoms. The van der Waals surface area contributed by atoms with Gasteiger partial charge in [0.2, 0.25) is 0 Å². The highest BCUT2D eigenvalue weighted by Crippen LogP contribution is 2.41. The lowest BCUT2D eigenvalue weighted by molar-refractivity contribution is 0.401. The summed E-state index contributed by atoms with van der Waals surface area (Å²) in [5, 5.41) is 37.3. The Kier molecular flexibility index (Phi) is 3.61. The highest BCUT2D eigenvalue weighted by molar-refractivity contribution is 7.99. The van der Waals surface area contributed by atoms with Gasteiger partial charge < -0.3 is 10.2 Å². The van der Waals surface area contributed by atoms with Crippen molar-refractivity contribution in [2.75, 3.05) is 0 Å². The maximum atomic E-state index is 9.68. The third-order valence-electron chi connectivity index (χ3n) is 2.43. The van der Waals surface area contributed by atoms with E-state index in [9.17, 15) is 10.2 Å². The second kappa shape index (κ2) is 5.34. The van der Waals surface area contributed by atoms with Gasteiger partial charge in [-0.1, -0.05) is 30.0 Å². The van der Waals surface area contributed by atoms with Gasteiger partial charge in [-0.15, -0.1) is 0 Å². The number of phenols is 2. The van der Waals surface area contributed by atoms with Crippen molar-refractivity contribution in [3.63, 3.8) is 0 Å². The lowest BCUT2D eigenvalue weighted by Crippen LogP contribution is -1.89. The van der Waals surface area contributed by atoms with Gasteiger partial charge in [-0.05, 0) is 12.1 Å². The van der Waals surface area contributed by atoms with Gasteiger partial charge in [0.15, 0.2) is 11.5 Å². The molecule has 0 saturated carbocycles. The summed E-state index contributed by atoms with van der Waals surface area (Å²) in [5.41, 5.74) is 0.0612. The molecule has 92 valence electrons. The van der Waals surface area contributed by atoms with E-state index in [1.54, 1.807) is 0 Å². The predicted molar refractivity (Wildman–Crippen MR) is 69.8 cm³/mol. The minimum atomic E-state index is -0.500. The van der Waals surface area contributed by atoms with Crippen LogP contribution in [-0.4, -0.2) is 10.2 Å². The molecule has 5 heteroatoms.